The Morgan fingerprint density at radius 2 is 0.838 bits per heavy atom. The third-order valence-corrected chi connectivity index (χ3v) is 17.4. The lowest BCUT2D eigenvalue weighted by Gasteiger charge is -2.46. The van der Waals surface area contributed by atoms with Crippen molar-refractivity contribution < 1.29 is 53.7 Å². The summed E-state index contributed by atoms with van der Waals surface area (Å²) in [4.78, 5) is 0. The number of aliphatic hydroxyl groups excluding tert-OH is 6. The molecule has 37 heavy (non-hydrogen) atoms. The highest BCUT2D eigenvalue weighted by Crippen LogP contribution is 2.38. The lowest BCUT2D eigenvalue weighted by atomic mass is 9.98. The van der Waals surface area contributed by atoms with E-state index in [9.17, 15) is 30.6 Å². The summed E-state index contributed by atoms with van der Waals surface area (Å²) >= 11 is 0. The summed E-state index contributed by atoms with van der Waals surface area (Å²) in [6, 6.07) is 0. The molecule has 2 rings (SSSR count). The predicted molar refractivity (Wildman–Crippen MR) is 141 cm³/mol. The van der Waals surface area contributed by atoms with Crippen LogP contribution in [0.3, 0.4) is 0 Å². The lowest BCUT2D eigenvalue weighted by molar-refractivity contribution is -0.376. The van der Waals surface area contributed by atoms with Crippen LogP contribution in [0.25, 0.3) is 0 Å². The summed E-state index contributed by atoms with van der Waals surface area (Å²) in [6.45, 7) is 20.4. The third kappa shape index (κ3) is 7.60. The summed E-state index contributed by atoms with van der Waals surface area (Å²) in [5, 5.41) is 62.7. The minimum absolute atomic E-state index is 0.0420. The molecule has 0 aromatic carbocycles. The molecule has 2 aliphatic rings. The Balaban J connectivity index is 2.12. The standard InChI is InChI=1S/C24H50O11Si2/c1-23(2,3)36(7,8)31-11-13-15(25)17(27)19(29)21(33-13)35-22-20(30)18(28)16(26)14(34-22)12-32-37(9,10)24(4,5)6/h13-22,25-30H,11-12H2,1-10H3/t13-,14-,15-,16-,17+,18+,19+,20+,21-,22-/m0/s1. The first kappa shape index (κ1) is 33.2. The fourth-order valence-electron chi connectivity index (χ4n) is 3.48. The van der Waals surface area contributed by atoms with E-state index in [0.29, 0.717) is 0 Å². The number of hydrogen-bond donors (Lipinski definition) is 6. The minimum atomic E-state index is -2.21. The molecule has 0 aliphatic carbocycles. The van der Waals surface area contributed by atoms with Gasteiger partial charge in [0.25, 0.3) is 0 Å². The van der Waals surface area contributed by atoms with Gasteiger partial charge in [-0.2, -0.15) is 0 Å². The van der Waals surface area contributed by atoms with Gasteiger partial charge in [0, 0.05) is 0 Å². The van der Waals surface area contributed by atoms with Gasteiger partial charge in [-0.25, -0.2) is 0 Å². The van der Waals surface area contributed by atoms with Crippen LogP contribution >= 0.6 is 0 Å². The van der Waals surface area contributed by atoms with E-state index in [-0.39, 0.29) is 23.3 Å². The maximum absolute atomic E-state index is 10.5. The van der Waals surface area contributed by atoms with Gasteiger partial charge in [-0.3, -0.25) is 0 Å². The SMILES string of the molecule is CC(C)(C)[Si](C)(C)OC[C@@H]1O[C@@H](O[C@@H]2O[C@@H](CO[Si](C)(C)C(C)(C)C)[C@H](O)[C@@H](O)[C@H]2O)[C@H](O)[C@H](O)[C@H]1O. The monoisotopic (exact) mass is 570 g/mol. The second-order valence-corrected chi connectivity index (χ2v) is 22.9. The van der Waals surface area contributed by atoms with E-state index in [1.54, 1.807) is 0 Å². The second kappa shape index (κ2) is 11.8. The first-order valence-electron chi connectivity index (χ1n) is 12.9. The Morgan fingerprint density at radius 3 is 1.11 bits per heavy atom. The fraction of sp³-hybridized carbons (Fsp3) is 1.00. The second-order valence-electron chi connectivity index (χ2n) is 13.3. The van der Waals surface area contributed by atoms with Gasteiger partial charge in [0.15, 0.2) is 29.2 Å². The summed E-state index contributed by atoms with van der Waals surface area (Å²) in [5.74, 6) is 0. The van der Waals surface area contributed by atoms with Crippen LogP contribution in [0.15, 0.2) is 0 Å². The van der Waals surface area contributed by atoms with Crippen molar-refractivity contribution in [2.24, 2.45) is 0 Å². The van der Waals surface area contributed by atoms with Crippen molar-refractivity contribution in [1.29, 1.82) is 0 Å². The maximum Gasteiger partial charge on any atom is 0.192 e. The Kier molecular flexibility index (Phi) is 10.6. The van der Waals surface area contributed by atoms with Crippen LogP contribution in [-0.4, -0.2) is 122 Å². The van der Waals surface area contributed by atoms with Crippen LogP contribution < -0.4 is 0 Å². The molecule has 220 valence electrons. The van der Waals surface area contributed by atoms with Crippen LogP contribution in [0.4, 0.5) is 0 Å². The molecular weight excluding hydrogens is 520 g/mol. The number of rotatable bonds is 8. The zero-order chi connectivity index (χ0) is 28.7. The molecule has 6 N–H and O–H groups in total. The molecule has 0 aromatic rings. The van der Waals surface area contributed by atoms with Gasteiger partial charge >= 0.3 is 0 Å². The molecule has 0 spiro atoms. The van der Waals surface area contributed by atoms with Gasteiger partial charge in [0.05, 0.1) is 13.2 Å². The summed E-state index contributed by atoms with van der Waals surface area (Å²) in [6.07, 6.45) is -14.5. The topological polar surface area (TPSA) is 168 Å². The molecule has 2 aliphatic heterocycles. The molecule has 0 unspecified atom stereocenters. The molecule has 2 fully saturated rings. The van der Waals surface area contributed by atoms with E-state index in [1.807, 2.05) is 26.2 Å². The highest BCUT2D eigenvalue weighted by atomic mass is 28.4. The van der Waals surface area contributed by atoms with E-state index in [1.165, 1.54) is 0 Å². The van der Waals surface area contributed by atoms with Crippen molar-refractivity contribution in [3.63, 3.8) is 0 Å². The molecule has 0 amide bonds. The van der Waals surface area contributed by atoms with Crippen LogP contribution in [0.1, 0.15) is 41.5 Å². The van der Waals surface area contributed by atoms with Crippen LogP contribution in [-0.2, 0) is 23.1 Å². The van der Waals surface area contributed by atoms with E-state index < -0.39 is 78.0 Å². The normalized spacial score (nSPS) is 38.6. The number of ether oxygens (including phenoxy) is 3. The first-order chi connectivity index (χ1) is 16.6. The molecule has 0 radical (unpaired) electrons. The molecule has 10 atom stereocenters. The lowest BCUT2D eigenvalue weighted by Crippen LogP contribution is -2.64. The van der Waals surface area contributed by atoms with Gasteiger partial charge in [-0.05, 0) is 36.3 Å². The molecule has 0 bridgehead atoms. The molecule has 11 nitrogen and oxygen atoms in total. The van der Waals surface area contributed by atoms with Crippen molar-refractivity contribution >= 4 is 16.6 Å². The number of hydrogen-bond acceptors (Lipinski definition) is 11. The van der Waals surface area contributed by atoms with Gasteiger partial charge in [0.1, 0.15) is 48.8 Å². The van der Waals surface area contributed by atoms with Gasteiger partial charge in [0.2, 0.25) is 0 Å². The van der Waals surface area contributed by atoms with E-state index in [2.05, 4.69) is 41.5 Å². The molecule has 0 aromatic heterocycles. The van der Waals surface area contributed by atoms with Crippen molar-refractivity contribution in [2.75, 3.05) is 13.2 Å². The molecule has 13 heteroatoms. The smallest absolute Gasteiger partial charge is 0.192 e. The molecule has 2 heterocycles. The maximum atomic E-state index is 10.5. The zero-order valence-corrected chi connectivity index (χ0v) is 25.9. The predicted octanol–water partition coefficient (Wildman–Crippen LogP) is 0.662. The average molecular weight is 571 g/mol. The highest BCUT2D eigenvalue weighted by molar-refractivity contribution is 6.74. The quantitative estimate of drug-likeness (QED) is 0.227. The van der Waals surface area contributed by atoms with Gasteiger partial charge in [-0.1, -0.05) is 41.5 Å². The third-order valence-electron chi connectivity index (χ3n) is 8.43. The van der Waals surface area contributed by atoms with Crippen molar-refractivity contribution in [3.8, 4) is 0 Å². The van der Waals surface area contributed by atoms with E-state index in [4.69, 9.17) is 23.1 Å². The first-order valence-corrected chi connectivity index (χ1v) is 18.7. The van der Waals surface area contributed by atoms with Gasteiger partial charge in [-0.15, -0.1) is 0 Å². The fourth-order valence-corrected chi connectivity index (χ4v) is 5.51. The zero-order valence-electron chi connectivity index (χ0n) is 23.9. The van der Waals surface area contributed by atoms with Crippen molar-refractivity contribution in [3.05, 3.63) is 0 Å². The Bertz CT molecular complexity index is 679. The van der Waals surface area contributed by atoms with Gasteiger partial charge < -0.3 is 53.7 Å². The summed E-state index contributed by atoms with van der Waals surface area (Å²) < 4.78 is 29.4. The van der Waals surface area contributed by atoms with Crippen LogP contribution in [0, 0.1) is 0 Å². The summed E-state index contributed by atoms with van der Waals surface area (Å²) in [5.41, 5.74) is 0. The van der Waals surface area contributed by atoms with Crippen molar-refractivity contribution in [1.82, 2.24) is 0 Å². The van der Waals surface area contributed by atoms with Crippen LogP contribution in [0.2, 0.25) is 36.3 Å². The Labute approximate surface area is 222 Å². The van der Waals surface area contributed by atoms with Crippen molar-refractivity contribution in [2.45, 2.75) is 139 Å². The minimum Gasteiger partial charge on any atom is -0.414 e. The van der Waals surface area contributed by atoms with E-state index >= 15 is 0 Å². The molecule has 2 saturated heterocycles. The largest absolute Gasteiger partial charge is 0.414 e. The number of aliphatic hydroxyl groups is 6. The summed E-state index contributed by atoms with van der Waals surface area (Å²) in [7, 11) is -4.42. The molecule has 0 saturated carbocycles. The highest BCUT2D eigenvalue weighted by Gasteiger charge is 2.51. The van der Waals surface area contributed by atoms with Crippen LogP contribution in [0.5, 0.6) is 0 Å². The average Bonchev–Trinajstić information content (AvgIpc) is 2.76. The van der Waals surface area contributed by atoms with E-state index in [0.717, 1.165) is 0 Å². The molecular formula is C24H50O11Si2. The Morgan fingerprint density at radius 1 is 0.541 bits per heavy atom. The Hall–Kier alpha value is -0.00623.